The Kier molecular flexibility index (Phi) is 5.56. The third-order valence-corrected chi connectivity index (χ3v) is 3.63. The molecule has 1 nitrogen and oxygen atoms in total. The van der Waals surface area contributed by atoms with Crippen LogP contribution in [-0.2, 0) is 0 Å². The fourth-order valence-electron chi connectivity index (χ4n) is 1.21. The van der Waals surface area contributed by atoms with Crippen molar-refractivity contribution in [1.82, 2.24) is 0 Å². The molecule has 0 amide bonds. The van der Waals surface area contributed by atoms with Crippen LogP contribution in [-0.4, -0.2) is 11.9 Å². The van der Waals surface area contributed by atoms with Crippen LogP contribution in [0.1, 0.15) is 13.8 Å². The van der Waals surface area contributed by atoms with Gasteiger partial charge in [-0.25, -0.2) is 4.39 Å². The quantitative estimate of drug-likeness (QED) is 0.726. The molecule has 1 unspecified atom stereocenters. The predicted molar refractivity (Wildman–Crippen MR) is 69.0 cm³/mol. The first-order valence-electron chi connectivity index (χ1n) is 5.19. The summed E-state index contributed by atoms with van der Waals surface area (Å²) in [4.78, 5) is 0. The largest absolute Gasteiger partial charge is 0.490 e. The molecule has 0 aliphatic rings. The van der Waals surface area contributed by atoms with Gasteiger partial charge in [0.05, 0.1) is 11.6 Å². The number of hydrogen-bond acceptors (Lipinski definition) is 1. The summed E-state index contributed by atoms with van der Waals surface area (Å²) in [5, 5.41) is 0.935. The molecule has 0 spiro atoms. The summed E-state index contributed by atoms with van der Waals surface area (Å²) in [5.74, 6) is 0.584. The first-order valence-corrected chi connectivity index (χ1v) is 6.69. The van der Waals surface area contributed by atoms with Gasteiger partial charge in [-0.2, -0.15) is 0 Å². The highest BCUT2D eigenvalue weighted by atomic mass is 79.9. The molecule has 1 rings (SSSR count). The van der Waals surface area contributed by atoms with Crippen molar-refractivity contribution >= 4 is 27.5 Å². The molecular formula is C12H15BrClFO. The molecule has 0 N–H and O–H groups in total. The predicted octanol–water partition coefficient (Wildman–Crippen LogP) is 4.53. The summed E-state index contributed by atoms with van der Waals surface area (Å²) in [6.07, 6.45) is 0. The molecule has 90 valence electrons. The van der Waals surface area contributed by atoms with Gasteiger partial charge in [0.15, 0.2) is 11.6 Å². The first-order chi connectivity index (χ1) is 7.56. The average Bonchev–Trinajstić information content (AvgIpc) is 2.24. The van der Waals surface area contributed by atoms with Crippen LogP contribution in [0.25, 0.3) is 0 Å². The topological polar surface area (TPSA) is 9.23 Å². The fourth-order valence-corrected chi connectivity index (χ4v) is 2.31. The maximum Gasteiger partial charge on any atom is 0.183 e. The summed E-state index contributed by atoms with van der Waals surface area (Å²) in [6, 6.07) is 4.78. The maximum absolute atomic E-state index is 13.5. The minimum atomic E-state index is -0.485. The van der Waals surface area contributed by atoms with E-state index in [-0.39, 0.29) is 10.8 Å². The Morgan fingerprint density at radius 2 is 2.12 bits per heavy atom. The van der Waals surface area contributed by atoms with Crippen molar-refractivity contribution in [2.45, 2.75) is 13.8 Å². The number of alkyl halides is 1. The Bertz CT molecular complexity index is 344. The molecule has 0 saturated carbocycles. The normalized spacial score (nSPS) is 12.9. The van der Waals surface area contributed by atoms with E-state index in [1.807, 2.05) is 0 Å². The number of rotatable bonds is 5. The second-order valence-corrected chi connectivity index (χ2v) is 5.08. The second kappa shape index (κ2) is 6.45. The van der Waals surface area contributed by atoms with E-state index in [0.717, 1.165) is 5.33 Å². The van der Waals surface area contributed by atoms with Gasteiger partial charge in [0, 0.05) is 11.2 Å². The fraction of sp³-hybridized carbons (Fsp3) is 0.500. The zero-order valence-corrected chi connectivity index (χ0v) is 11.7. The summed E-state index contributed by atoms with van der Waals surface area (Å²) in [6.45, 7) is 4.72. The number of hydrogen-bond donors (Lipinski definition) is 0. The molecule has 0 aliphatic carbocycles. The average molecular weight is 310 g/mol. The van der Waals surface area contributed by atoms with Crippen molar-refractivity contribution in [3.05, 3.63) is 29.0 Å². The molecule has 0 heterocycles. The monoisotopic (exact) mass is 308 g/mol. The van der Waals surface area contributed by atoms with Crippen molar-refractivity contribution < 1.29 is 9.13 Å². The lowest BCUT2D eigenvalue weighted by molar-refractivity contribution is 0.219. The van der Waals surface area contributed by atoms with Crippen LogP contribution in [0.2, 0.25) is 5.02 Å². The Morgan fingerprint density at radius 3 is 2.69 bits per heavy atom. The molecule has 1 aromatic rings. The minimum Gasteiger partial charge on any atom is -0.490 e. The second-order valence-electron chi connectivity index (χ2n) is 4.02. The van der Waals surface area contributed by atoms with E-state index in [0.29, 0.717) is 18.4 Å². The SMILES string of the molecule is CC(C)C(CBr)COc1cccc(Cl)c1F. The van der Waals surface area contributed by atoms with Crippen molar-refractivity contribution in [3.63, 3.8) is 0 Å². The summed E-state index contributed by atoms with van der Waals surface area (Å²) in [5.41, 5.74) is 0. The minimum absolute atomic E-state index is 0.0949. The number of halogens is 3. The van der Waals surface area contributed by atoms with Crippen LogP contribution in [0.3, 0.4) is 0 Å². The van der Waals surface area contributed by atoms with Gasteiger partial charge in [0.1, 0.15) is 0 Å². The van der Waals surface area contributed by atoms with Crippen LogP contribution >= 0.6 is 27.5 Å². The highest BCUT2D eigenvalue weighted by Gasteiger charge is 2.14. The van der Waals surface area contributed by atoms with Crippen molar-refractivity contribution in [2.24, 2.45) is 11.8 Å². The van der Waals surface area contributed by atoms with Gasteiger partial charge in [-0.05, 0) is 18.1 Å². The van der Waals surface area contributed by atoms with Gasteiger partial charge >= 0.3 is 0 Å². The molecule has 0 aromatic heterocycles. The molecule has 0 bridgehead atoms. The molecule has 0 radical (unpaired) electrons. The highest BCUT2D eigenvalue weighted by molar-refractivity contribution is 9.09. The van der Waals surface area contributed by atoms with Gasteiger partial charge in [-0.3, -0.25) is 0 Å². The van der Waals surface area contributed by atoms with Gasteiger partial charge in [-0.15, -0.1) is 0 Å². The Balaban J connectivity index is 2.64. The van der Waals surface area contributed by atoms with E-state index < -0.39 is 5.82 Å². The lowest BCUT2D eigenvalue weighted by atomic mass is 9.99. The first kappa shape index (κ1) is 13.8. The Labute approximate surface area is 109 Å². The summed E-state index contributed by atoms with van der Waals surface area (Å²) < 4.78 is 18.9. The zero-order valence-electron chi connectivity index (χ0n) is 9.34. The van der Waals surface area contributed by atoms with Gasteiger partial charge in [0.2, 0.25) is 0 Å². The van der Waals surface area contributed by atoms with Gasteiger partial charge in [-0.1, -0.05) is 47.4 Å². The molecule has 0 saturated heterocycles. The smallest absolute Gasteiger partial charge is 0.183 e. The Morgan fingerprint density at radius 1 is 1.44 bits per heavy atom. The standard InChI is InChI=1S/C12H15BrClFO/c1-8(2)9(6-13)7-16-11-5-3-4-10(14)12(11)15/h3-5,8-9H,6-7H2,1-2H3. The lowest BCUT2D eigenvalue weighted by Gasteiger charge is -2.19. The van der Waals surface area contributed by atoms with E-state index in [1.54, 1.807) is 12.1 Å². The maximum atomic E-state index is 13.5. The van der Waals surface area contributed by atoms with E-state index in [9.17, 15) is 4.39 Å². The third kappa shape index (κ3) is 3.63. The highest BCUT2D eigenvalue weighted by Crippen LogP contribution is 2.25. The lowest BCUT2D eigenvalue weighted by Crippen LogP contribution is -2.19. The molecule has 0 aliphatic heterocycles. The van der Waals surface area contributed by atoms with Crippen LogP contribution in [0.5, 0.6) is 5.75 Å². The molecule has 4 heteroatoms. The third-order valence-electron chi connectivity index (χ3n) is 2.51. The molecular weight excluding hydrogens is 294 g/mol. The van der Waals surface area contributed by atoms with Crippen LogP contribution in [0.15, 0.2) is 18.2 Å². The number of ether oxygens (including phenoxy) is 1. The van der Waals surface area contributed by atoms with E-state index in [2.05, 4.69) is 29.8 Å². The zero-order chi connectivity index (χ0) is 12.1. The van der Waals surface area contributed by atoms with E-state index in [4.69, 9.17) is 16.3 Å². The molecule has 1 atom stereocenters. The van der Waals surface area contributed by atoms with Gasteiger partial charge in [0.25, 0.3) is 0 Å². The molecule has 1 aromatic carbocycles. The number of benzene rings is 1. The Hall–Kier alpha value is -0.280. The van der Waals surface area contributed by atoms with Crippen molar-refractivity contribution in [1.29, 1.82) is 0 Å². The van der Waals surface area contributed by atoms with Crippen molar-refractivity contribution in [2.75, 3.05) is 11.9 Å². The van der Waals surface area contributed by atoms with Crippen LogP contribution < -0.4 is 4.74 Å². The molecule has 16 heavy (non-hydrogen) atoms. The summed E-state index contributed by atoms with van der Waals surface area (Å²) >= 11 is 9.08. The van der Waals surface area contributed by atoms with Gasteiger partial charge < -0.3 is 4.74 Å². The van der Waals surface area contributed by atoms with Crippen LogP contribution in [0.4, 0.5) is 4.39 Å². The van der Waals surface area contributed by atoms with E-state index >= 15 is 0 Å². The van der Waals surface area contributed by atoms with Crippen molar-refractivity contribution in [3.8, 4) is 5.75 Å². The van der Waals surface area contributed by atoms with E-state index in [1.165, 1.54) is 6.07 Å². The van der Waals surface area contributed by atoms with Crippen LogP contribution in [0, 0.1) is 17.7 Å². The summed E-state index contributed by atoms with van der Waals surface area (Å²) in [7, 11) is 0. The molecule has 0 fully saturated rings.